The second-order valence-corrected chi connectivity index (χ2v) is 7.22. The summed E-state index contributed by atoms with van der Waals surface area (Å²) in [5, 5.41) is 21.6. The van der Waals surface area contributed by atoms with Gasteiger partial charge in [-0.05, 0) is 40.5 Å². The molecule has 4 rings (SSSR count). The van der Waals surface area contributed by atoms with Crippen LogP contribution in [0, 0.1) is 22.8 Å². The fraction of sp³-hybridized carbons (Fsp3) is 0.143. The highest BCUT2D eigenvalue weighted by Gasteiger charge is 2.20. The zero-order valence-corrected chi connectivity index (χ0v) is 17.0. The van der Waals surface area contributed by atoms with Crippen molar-refractivity contribution in [3.63, 3.8) is 0 Å². The summed E-state index contributed by atoms with van der Waals surface area (Å²) in [4.78, 5) is 9.08. The molecule has 4 aromatic rings. The quantitative estimate of drug-likeness (QED) is 0.350. The lowest BCUT2D eigenvalue weighted by Gasteiger charge is -2.18. The van der Waals surface area contributed by atoms with Crippen molar-refractivity contribution in [2.75, 3.05) is 11.9 Å². The van der Waals surface area contributed by atoms with E-state index in [1.807, 2.05) is 59.3 Å². The molecule has 29 heavy (non-hydrogen) atoms. The van der Waals surface area contributed by atoms with Crippen LogP contribution in [0.3, 0.4) is 0 Å². The van der Waals surface area contributed by atoms with Gasteiger partial charge in [-0.25, -0.2) is 4.98 Å². The van der Waals surface area contributed by atoms with E-state index in [2.05, 4.69) is 38.1 Å². The van der Waals surface area contributed by atoms with Gasteiger partial charge < -0.3 is 9.30 Å². The lowest BCUT2D eigenvalue weighted by atomic mass is 10.1. The molecule has 0 saturated carbocycles. The summed E-state index contributed by atoms with van der Waals surface area (Å²) in [5.41, 5.74) is 3.32. The van der Waals surface area contributed by atoms with Gasteiger partial charge in [0, 0.05) is 5.39 Å². The van der Waals surface area contributed by atoms with Crippen LogP contribution in [0.25, 0.3) is 21.9 Å². The van der Waals surface area contributed by atoms with E-state index in [0.717, 1.165) is 22.0 Å². The van der Waals surface area contributed by atoms with Crippen LogP contribution in [0.5, 0.6) is 5.75 Å². The number of fused-ring (bicyclic) bond motifs is 3. The molecule has 0 unspecified atom stereocenters. The van der Waals surface area contributed by atoms with Gasteiger partial charge in [-0.1, -0.05) is 30.3 Å². The Hall–Kier alpha value is -3.62. The van der Waals surface area contributed by atoms with E-state index in [9.17, 15) is 5.26 Å². The first kappa shape index (κ1) is 18.7. The number of benzene rings is 2. The third-order valence-corrected chi connectivity index (χ3v) is 5.32. The van der Waals surface area contributed by atoms with E-state index >= 15 is 0 Å². The number of hydrogen-bond acceptors (Lipinski definition) is 6. The second-order valence-electron chi connectivity index (χ2n) is 6.37. The monoisotopic (exact) mass is 446 g/mol. The molecule has 1 atom stereocenters. The van der Waals surface area contributed by atoms with Crippen molar-refractivity contribution >= 4 is 43.8 Å². The van der Waals surface area contributed by atoms with Crippen molar-refractivity contribution in [2.45, 2.75) is 13.0 Å². The fourth-order valence-corrected chi connectivity index (χ4v) is 3.84. The van der Waals surface area contributed by atoms with E-state index in [1.54, 1.807) is 6.20 Å². The molecule has 0 spiro atoms. The Morgan fingerprint density at radius 3 is 2.72 bits per heavy atom. The number of aromatic nitrogens is 3. The molecule has 0 aliphatic heterocycles. The molecule has 0 radical (unpaired) electrons. The van der Waals surface area contributed by atoms with Crippen LogP contribution in [0.2, 0.25) is 0 Å². The molecule has 8 heteroatoms. The molecule has 0 amide bonds. The number of nitriles is 2. The lowest BCUT2D eigenvalue weighted by Crippen LogP contribution is -2.10. The van der Waals surface area contributed by atoms with Crippen molar-refractivity contribution in [1.29, 1.82) is 10.5 Å². The van der Waals surface area contributed by atoms with Crippen molar-refractivity contribution in [2.24, 2.45) is 0 Å². The second kappa shape index (κ2) is 7.78. The molecule has 2 aromatic carbocycles. The van der Waals surface area contributed by atoms with Crippen LogP contribution in [-0.4, -0.2) is 21.1 Å². The van der Waals surface area contributed by atoms with Gasteiger partial charge >= 0.3 is 0 Å². The van der Waals surface area contributed by atoms with Crippen LogP contribution in [0.1, 0.15) is 18.5 Å². The number of ether oxygens (including phenoxy) is 1. The SMILES string of the molecule is C[C@H](c1ccccc1)n1c(NC#N)nc2cnc3cc(Br)c(OCC#N)cc3c21. The maximum absolute atomic E-state index is 9.23. The molecule has 7 nitrogen and oxygen atoms in total. The van der Waals surface area contributed by atoms with Gasteiger partial charge in [-0.15, -0.1) is 0 Å². The van der Waals surface area contributed by atoms with Gasteiger partial charge in [0.25, 0.3) is 0 Å². The smallest absolute Gasteiger partial charge is 0.217 e. The summed E-state index contributed by atoms with van der Waals surface area (Å²) in [7, 11) is 0. The minimum absolute atomic E-state index is 0.0611. The molecule has 2 heterocycles. The molecular weight excluding hydrogens is 432 g/mol. The maximum atomic E-state index is 9.23. The standard InChI is InChI=1S/C21H15BrN6O/c1-13(14-5-3-2-4-6-14)28-20-15-9-19(29-8-7-23)16(22)10-17(15)25-11-18(20)27-21(28)26-12-24/h2-6,9-11,13H,8H2,1H3,(H,26,27)/t13-/m1/s1. The first-order valence-corrected chi connectivity index (χ1v) is 9.63. The number of nitrogens with one attached hydrogen (secondary N) is 1. The van der Waals surface area contributed by atoms with Gasteiger partial charge in [0.05, 0.1) is 27.7 Å². The number of imidazole rings is 1. The van der Waals surface area contributed by atoms with Crippen LogP contribution < -0.4 is 10.1 Å². The van der Waals surface area contributed by atoms with Crippen LogP contribution in [0.15, 0.2) is 53.1 Å². The predicted molar refractivity (Wildman–Crippen MR) is 113 cm³/mol. The maximum Gasteiger partial charge on any atom is 0.217 e. The Labute approximate surface area is 175 Å². The number of anilines is 1. The highest BCUT2D eigenvalue weighted by Crippen LogP contribution is 2.36. The van der Waals surface area contributed by atoms with Gasteiger partial charge in [0.2, 0.25) is 5.95 Å². The molecule has 0 fully saturated rings. The van der Waals surface area contributed by atoms with Crippen LogP contribution in [-0.2, 0) is 0 Å². The Balaban J connectivity index is 2.02. The zero-order valence-electron chi connectivity index (χ0n) is 15.4. The summed E-state index contributed by atoms with van der Waals surface area (Å²) in [6.45, 7) is 1.99. The number of hydrogen-bond donors (Lipinski definition) is 1. The van der Waals surface area contributed by atoms with Crippen LogP contribution in [0.4, 0.5) is 5.95 Å². The molecule has 0 aliphatic carbocycles. The first-order chi connectivity index (χ1) is 14.1. The molecule has 0 bridgehead atoms. The topological polar surface area (TPSA) is 99.6 Å². The fourth-order valence-electron chi connectivity index (χ4n) is 3.39. The van der Waals surface area contributed by atoms with Gasteiger partial charge in [0.15, 0.2) is 12.8 Å². The summed E-state index contributed by atoms with van der Waals surface area (Å²) in [5.74, 6) is 0.985. The average molecular weight is 447 g/mol. The van der Waals surface area contributed by atoms with E-state index in [-0.39, 0.29) is 12.6 Å². The normalized spacial score (nSPS) is 11.7. The number of pyridine rings is 1. The van der Waals surface area contributed by atoms with Crippen molar-refractivity contribution in [3.8, 4) is 18.0 Å². The number of halogens is 1. The average Bonchev–Trinajstić information content (AvgIpc) is 3.11. The summed E-state index contributed by atoms with van der Waals surface area (Å²) >= 11 is 3.47. The Kier molecular flexibility index (Phi) is 5.03. The van der Waals surface area contributed by atoms with E-state index < -0.39 is 0 Å². The highest BCUT2D eigenvalue weighted by atomic mass is 79.9. The van der Waals surface area contributed by atoms with Crippen molar-refractivity contribution in [1.82, 2.24) is 14.5 Å². The first-order valence-electron chi connectivity index (χ1n) is 8.84. The predicted octanol–water partition coefficient (Wildman–Crippen LogP) is 4.75. The van der Waals surface area contributed by atoms with Gasteiger partial charge in [-0.3, -0.25) is 10.3 Å². The Bertz CT molecular complexity index is 1290. The molecule has 1 N–H and O–H groups in total. The largest absolute Gasteiger partial charge is 0.478 e. The molecule has 0 saturated heterocycles. The summed E-state index contributed by atoms with van der Waals surface area (Å²) in [6, 6.07) is 15.6. The number of rotatable bonds is 5. The Morgan fingerprint density at radius 1 is 1.21 bits per heavy atom. The zero-order chi connectivity index (χ0) is 20.4. The lowest BCUT2D eigenvalue weighted by molar-refractivity contribution is 0.366. The van der Waals surface area contributed by atoms with E-state index in [0.29, 0.717) is 21.7 Å². The molecular formula is C21H15BrN6O. The molecule has 2 aromatic heterocycles. The third-order valence-electron chi connectivity index (χ3n) is 4.70. The minimum Gasteiger partial charge on any atom is -0.478 e. The van der Waals surface area contributed by atoms with Crippen molar-refractivity contribution in [3.05, 3.63) is 58.7 Å². The van der Waals surface area contributed by atoms with E-state index in [4.69, 9.17) is 10.00 Å². The molecule has 0 aliphatic rings. The minimum atomic E-state index is -0.0882. The van der Waals surface area contributed by atoms with Crippen molar-refractivity contribution < 1.29 is 4.74 Å². The summed E-state index contributed by atoms with van der Waals surface area (Å²) < 4.78 is 8.25. The highest BCUT2D eigenvalue weighted by molar-refractivity contribution is 9.10. The molecule has 142 valence electrons. The van der Waals surface area contributed by atoms with E-state index in [1.165, 1.54) is 0 Å². The number of nitrogens with zero attached hydrogens (tertiary/aromatic N) is 5. The van der Waals surface area contributed by atoms with Crippen LogP contribution >= 0.6 is 15.9 Å². The van der Waals surface area contributed by atoms with Gasteiger partial charge in [0.1, 0.15) is 17.3 Å². The van der Waals surface area contributed by atoms with Gasteiger partial charge in [-0.2, -0.15) is 10.5 Å². The summed E-state index contributed by atoms with van der Waals surface area (Å²) in [6.07, 6.45) is 3.66. The third kappa shape index (κ3) is 3.35. The Morgan fingerprint density at radius 2 is 2.00 bits per heavy atom.